The predicted molar refractivity (Wildman–Crippen MR) is 197 cm³/mol. The second kappa shape index (κ2) is 14.4. The summed E-state index contributed by atoms with van der Waals surface area (Å²) in [7, 11) is -0.321. The van der Waals surface area contributed by atoms with Gasteiger partial charge < -0.3 is 27.6 Å². The predicted octanol–water partition coefficient (Wildman–Crippen LogP) is 5.70. The first-order valence-corrected chi connectivity index (χ1v) is 17.9. The minimum absolute atomic E-state index is 0.0448. The smallest absolute Gasteiger partial charge is 0.444 e. The zero-order valence-corrected chi connectivity index (χ0v) is 34.5. The van der Waals surface area contributed by atoms with Gasteiger partial charge in [0.2, 0.25) is 0 Å². The third kappa shape index (κ3) is 8.92. The Morgan fingerprint density at radius 3 is 1.73 bits per heavy atom. The molecular formula is C36H51BN2O7Si2. The molecule has 48 heavy (non-hydrogen) atoms. The molecule has 9 nitrogen and oxygen atoms in total. The molecular weight excluding hydrogens is 639 g/mol. The molecule has 1 aliphatic heterocycles. The van der Waals surface area contributed by atoms with Crippen LogP contribution in [0, 0.1) is 0 Å². The molecule has 12 heteroatoms. The van der Waals surface area contributed by atoms with E-state index in [2.05, 4.69) is 0 Å². The summed E-state index contributed by atoms with van der Waals surface area (Å²) in [4.78, 5) is 20.7. The zero-order valence-electron chi connectivity index (χ0n) is 30.5. The fourth-order valence-corrected chi connectivity index (χ4v) is 6.46. The molecule has 258 valence electrons. The molecule has 0 saturated carbocycles. The van der Waals surface area contributed by atoms with Crippen molar-refractivity contribution in [1.29, 1.82) is 0 Å². The number of benzene rings is 3. The van der Waals surface area contributed by atoms with Gasteiger partial charge in [-0.05, 0) is 93.0 Å². The summed E-state index contributed by atoms with van der Waals surface area (Å²) < 4.78 is 37.3. The molecule has 3 aromatic carbocycles. The molecule has 1 aliphatic rings. The lowest BCUT2D eigenvalue weighted by Crippen LogP contribution is -2.48. The number of rotatable bonds is 10. The van der Waals surface area contributed by atoms with E-state index in [-0.39, 0.29) is 6.54 Å². The molecule has 1 saturated heterocycles. The summed E-state index contributed by atoms with van der Waals surface area (Å²) >= 11 is 0. The van der Waals surface area contributed by atoms with Crippen LogP contribution in [0.25, 0.3) is 0 Å². The van der Waals surface area contributed by atoms with E-state index in [0.29, 0.717) is 37.8 Å². The summed E-state index contributed by atoms with van der Waals surface area (Å²) in [5.74, 6) is -1.42. The van der Waals surface area contributed by atoms with E-state index in [4.69, 9.17) is 32.6 Å². The molecule has 0 aliphatic carbocycles. The second-order valence-corrected chi connectivity index (χ2v) is 15.7. The van der Waals surface area contributed by atoms with Gasteiger partial charge in [0.05, 0.1) is 28.2 Å². The highest BCUT2D eigenvalue weighted by molar-refractivity contribution is 6.45. The molecule has 1 fully saturated rings. The summed E-state index contributed by atoms with van der Waals surface area (Å²) in [6.07, 6.45) is -0.580. The third-order valence-corrected chi connectivity index (χ3v) is 9.28. The van der Waals surface area contributed by atoms with Gasteiger partial charge >= 0.3 is 13.3 Å². The maximum atomic E-state index is 14.0. The van der Waals surface area contributed by atoms with Crippen LogP contribution in [-0.4, -0.2) is 67.2 Å². The lowest BCUT2D eigenvalue weighted by molar-refractivity contribution is -0.347. The minimum atomic E-state index is -1.42. The SMILES string of the molecule is CC(C)(C)OC(=O)N(Cc1cc(C(O[SiH3])(O[SiH3])OC(C)(C)C)ccc1N=C(c1ccccc1)c1ccccc1)B1OC(C)(C)C(C)(C)O1. The largest absolute Gasteiger partial charge is 0.599 e. The highest BCUT2D eigenvalue weighted by Gasteiger charge is 2.56. The Morgan fingerprint density at radius 2 is 1.29 bits per heavy atom. The minimum Gasteiger partial charge on any atom is -0.444 e. The van der Waals surface area contributed by atoms with Crippen LogP contribution in [0.3, 0.4) is 0 Å². The summed E-state index contributed by atoms with van der Waals surface area (Å²) in [6, 6.07) is 25.8. The van der Waals surface area contributed by atoms with Crippen LogP contribution in [0.5, 0.6) is 0 Å². The van der Waals surface area contributed by atoms with Gasteiger partial charge in [0.1, 0.15) is 5.60 Å². The van der Waals surface area contributed by atoms with Crippen molar-refractivity contribution in [2.24, 2.45) is 4.99 Å². The van der Waals surface area contributed by atoms with Crippen LogP contribution in [-0.2, 0) is 40.2 Å². The van der Waals surface area contributed by atoms with Gasteiger partial charge in [-0.2, -0.15) is 0 Å². The third-order valence-electron chi connectivity index (χ3n) is 8.20. The standard InChI is InChI=1S/C36H51BN2O7Si2/c1-32(2,3)41-31(40)39(37-43-34(7,8)35(9,10)44-37)24-27-23-28(36(45-47,46-48)42-33(4,5)6)21-22-29(27)38-30(25-17-13-11-14-18-25)26-19-15-12-16-20-26/h11-23H,24H2,1-10,47-48H3. The van der Waals surface area contributed by atoms with Gasteiger partial charge in [-0.3, -0.25) is 4.81 Å². The summed E-state index contributed by atoms with van der Waals surface area (Å²) in [5.41, 5.74) is 1.94. The van der Waals surface area contributed by atoms with Gasteiger partial charge in [0.25, 0.3) is 5.97 Å². The summed E-state index contributed by atoms with van der Waals surface area (Å²) in [6.45, 7) is 19.2. The van der Waals surface area contributed by atoms with Gasteiger partial charge in [0.15, 0.2) is 21.0 Å². The number of carbonyl (C=O) groups excluding carboxylic acids is 1. The maximum Gasteiger partial charge on any atom is 0.599 e. The normalized spacial score (nSPS) is 17.2. The van der Waals surface area contributed by atoms with Crippen molar-refractivity contribution in [3.8, 4) is 0 Å². The van der Waals surface area contributed by atoms with Crippen molar-refractivity contribution in [3.05, 3.63) is 101 Å². The fraction of sp³-hybridized carbons (Fsp3) is 0.444. The number of aliphatic imine (C=N–C) groups is 1. The molecule has 3 aromatic rings. The van der Waals surface area contributed by atoms with Crippen LogP contribution >= 0.6 is 0 Å². The maximum absolute atomic E-state index is 14.0. The molecule has 4 rings (SSSR count). The van der Waals surface area contributed by atoms with Crippen LogP contribution in [0.15, 0.2) is 83.9 Å². The molecule has 0 N–H and O–H groups in total. The molecule has 0 radical (unpaired) electrons. The Kier molecular flexibility index (Phi) is 11.3. The zero-order chi connectivity index (χ0) is 35.5. The number of amides is 1. The van der Waals surface area contributed by atoms with Crippen LogP contribution in [0.2, 0.25) is 0 Å². The van der Waals surface area contributed by atoms with E-state index >= 15 is 0 Å². The number of carbonyl (C=O) groups is 1. The molecule has 1 amide bonds. The van der Waals surface area contributed by atoms with Crippen molar-refractivity contribution in [3.63, 3.8) is 0 Å². The van der Waals surface area contributed by atoms with Crippen LogP contribution in [0.1, 0.15) is 91.5 Å². The van der Waals surface area contributed by atoms with Gasteiger partial charge in [-0.25, -0.2) is 9.79 Å². The van der Waals surface area contributed by atoms with Crippen molar-refractivity contribution in [2.75, 3.05) is 0 Å². The molecule has 0 unspecified atom stereocenters. The molecule has 0 bridgehead atoms. The molecule has 0 atom stereocenters. The van der Waals surface area contributed by atoms with Crippen molar-refractivity contribution >= 4 is 45.7 Å². The Balaban J connectivity index is 1.95. The first kappa shape index (κ1) is 37.7. The molecule has 0 aromatic heterocycles. The van der Waals surface area contributed by atoms with E-state index in [1.54, 1.807) is 0 Å². The monoisotopic (exact) mass is 690 g/mol. The van der Waals surface area contributed by atoms with Gasteiger partial charge in [0, 0.05) is 23.2 Å². The van der Waals surface area contributed by atoms with E-state index in [0.717, 1.165) is 16.8 Å². The van der Waals surface area contributed by atoms with E-state index in [1.165, 1.54) is 4.81 Å². The number of nitrogens with zero attached hydrogens (tertiary/aromatic N) is 2. The number of hydrogen-bond donors (Lipinski definition) is 0. The van der Waals surface area contributed by atoms with Crippen molar-refractivity contribution in [1.82, 2.24) is 4.81 Å². The van der Waals surface area contributed by atoms with Crippen LogP contribution < -0.4 is 0 Å². The number of ether oxygens (including phenoxy) is 2. The Bertz CT molecular complexity index is 1530. The van der Waals surface area contributed by atoms with E-state index < -0.39 is 41.7 Å². The Labute approximate surface area is 292 Å². The molecule has 1 heterocycles. The van der Waals surface area contributed by atoms with Gasteiger partial charge in [-0.15, -0.1) is 0 Å². The van der Waals surface area contributed by atoms with E-state index in [1.807, 2.05) is 148 Å². The first-order chi connectivity index (χ1) is 22.3. The Morgan fingerprint density at radius 1 is 0.792 bits per heavy atom. The van der Waals surface area contributed by atoms with Crippen LogP contribution in [0.4, 0.5) is 10.5 Å². The second-order valence-electron chi connectivity index (χ2n) is 14.9. The average Bonchev–Trinajstić information content (AvgIpc) is 3.22. The topological polar surface area (TPSA) is 88.1 Å². The van der Waals surface area contributed by atoms with E-state index in [9.17, 15) is 4.79 Å². The summed E-state index contributed by atoms with van der Waals surface area (Å²) in [5, 5.41) is 0. The average molecular weight is 691 g/mol. The van der Waals surface area contributed by atoms with Gasteiger partial charge in [-0.1, -0.05) is 60.7 Å². The fourth-order valence-electron chi connectivity index (χ4n) is 5.15. The quantitative estimate of drug-likeness (QED) is 0.153. The lowest BCUT2D eigenvalue weighted by atomic mass is 9.90. The molecule has 0 spiro atoms. The van der Waals surface area contributed by atoms with Crippen molar-refractivity contribution < 1.29 is 32.4 Å². The number of hydrogen-bond acceptors (Lipinski definition) is 8. The first-order valence-electron chi connectivity index (χ1n) is 16.3. The Hall–Kier alpha value is -3.10. The highest BCUT2D eigenvalue weighted by atomic mass is 28.2. The lowest BCUT2D eigenvalue weighted by Gasteiger charge is -2.38. The van der Waals surface area contributed by atoms with Crippen molar-refractivity contribution in [2.45, 2.75) is 104 Å². The highest BCUT2D eigenvalue weighted by Crippen LogP contribution is 2.40.